The van der Waals surface area contributed by atoms with Crippen LogP contribution in [0.4, 0.5) is 10.1 Å². The SMILES string of the molecule is O=C(Cn1c(=O)n(-c2cccc(Cl)c2)c(=O)c2sccc21)Nc1ccc(F)c(Cl)c1. The van der Waals surface area contributed by atoms with Crippen LogP contribution < -0.4 is 16.6 Å². The predicted octanol–water partition coefficient (Wildman–Crippen LogP) is 4.30. The van der Waals surface area contributed by atoms with Crippen molar-refractivity contribution in [1.29, 1.82) is 0 Å². The van der Waals surface area contributed by atoms with E-state index >= 15 is 0 Å². The zero-order valence-electron chi connectivity index (χ0n) is 15.1. The molecule has 0 aliphatic heterocycles. The molecule has 2 aromatic carbocycles. The Hall–Kier alpha value is -2.94. The van der Waals surface area contributed by atoms with Gasteiger partial charge in [-0.05, 0) is 47.8 Å². The lowest BCUT2D eigenvalue weighted by molar-refractivity contribution is -0.116. The lowest BCUT2D eigenvalue weighted by atomic mass is 10.3. The number of halogens is 3. The molecule has 152 valence electrons. The number of benzene rings is 2. The highest BCUT2D eigenvalue weighted by molar-refractivity contribution is 7.17. The molecule has 30 heavy (non-hydrogen) atoms. The fourth-order valence-corrected chi connectivity index (χ4v) is 4.19. The number of thiophene rings is 1. The van der Waals surface area contributed by atoms with Crippen LogP contribution in [0.5, 0.6) is 0 Å². The molecular formula is C20H12Cl2FN3O3S. The van der Waals surface area contributed by atoms with Gasteiger partial charge in [-0.1, -0.05) is 29.3 Å². The smallest absolute Gasteiger partial charge is 0.324 e. The zero-order chi connectivity index (χ0) is 21.4. The third kappa shape index (κ3) is 3.77. The molecule has 1 N–H and O–H groups in total. The third-order valence-corrected chi connectivity index (χ3v) is 5.74. The number of nitrogens with one attached hydrogen (secondary N) is 1. The zero-order valence-corrected chi connectivity index (χ0v) is 17.4. The summed E-state index contributed by atoms with van der Waals surface area (Å²) >= 11 is 12.9. The number of nitrogens with zero attached hydrogens (tertiary/aromatic N) is 2. The highest BCUT2D eigenvalue weighted by Crippen LogP contribution is 2.20. The van der Waals surface area contributed by atoms with Gasteiger partial charge in [-0.15, -0.1) is 11.3 Å². The molecule has 0 atom stereocenters. The van der Waals surface area contributed by atoms with Crippen molar-refractivity contribution < 1.29 is 9.18 Å². The average molecular weight is 464 g/mol. The van der Waals surface area contributed by atoms with Crippen molar-refractivity contribution in [1.82, 2.24) is 9.13 Å². The molecule has 6 nitrogen and oxygen atoms in total. The van der Waals surface area contributed by atoms with Crippen molar-refractivity contribution in [3.05, 3.63) is 90.6 Å². The van der Waals surface area contributed by atoms with E-state index < -0.39 is 23.0 Å². The average Bonchev–Trinajstić information content (AvgIpc) is 3.18. The molecule has 0 radical (unpaired) electrons. The fraction of sp³-hybridized carbons (Fsp3) is 0.0500. The number of carbonyl (C=O) groups excluding carboxylic acids is 1. The number of aromatic nitrogens is 2. The Bertz CT molecular complexity index is 1410. The molecule has 0 saturated carbocycles. The molecule has 4 aromatic rings. The van der Waals surface area contributed by atoms with Gasteiger partial charge in [-0.3, -0.25) is 14.2 Å². The Kier molecular flexibility index (Phi) is 5.46. The van der Waals surface area contributed by atoms with Crippen LogP contribution in [0.1, 0.15) is 0 Å². The molecule has 0 fully saturated rings. The van der Waals surface area contributed by atoms with Crippen LogP contribution in [0.2, 0.25) is 10.0 Å². The largest absolute Gasteiger partial charge is 0.336 e. The van der Waals surface area contributed by atoms with E-state index in [9.17, 15) is 18.8 Å². The highest BCUT2D eigenvalue weighted by atomic mass is 35.5. The van der Waals surface area contributed by atoms with Crippen molar-refractivity contribution in [3.63, 3.8) is 0 Å². The Balaban J connectivity index is 1.78. The lowest BCUT2D eigenvalue weighted by Gasteiger charge is -2.13. The van der Waals surface area contributed by atoms with E-state index in [1.807, 2.05) is 0 Å². The number of rotatable bonds is 4. The van der Waals surface area contributed by atoms with E-state index in [1.54, 1.807) is 29.6 Å². The standard InChI is InChI=1S/C20H12Cl2FN3O3S/c21-11-2-1-3-13(8-11)26-19(28)18-16(6-7-30-18)25(20(26)29)10-17(27)24-12-4-5-15(23)14(22)9-12/h1-9H,10H2,(H,24,27). The van der Waals surface area contributed by atoms with E-state index in [2.05, 4.69) is 5.32 Å². The van der Waals surface area contributed by atoms with Gasteiger partial charge in [0, 0.05) is 10.7 Å². The maximum atomic E-state index is 13.3. The second-order valence-electron chi connectivity index (χ2n) is 6.30. The van der Waals surface area contributed by atoms with Gasteiger partial charge in [0.1, 0.15) is 17.1 Å². The van der Waals surface area contributed by atoms with Crippen LogP contribution >= 0.6 is 34.5 Å². The molecule has 0 aliphatic carbocycles. The second kappa shape index (κ2) is 8.06. The predicted molar refractivity (Wildman–Crippen MR) is 117 cm³/mol. The normalized spacial score (nSPS) is 11.0. The van der Waals surface area contributed by atoms with E-state index in [4.69, 9.17) is 23.2 Å². The summed E-state index contributed by atoms with van der Waals surface area (Å²) in [5, 5.41) is 4.46. The van der Waals surface area contributed by atoms with Crippen molar-refractivity contribution in [2.75, 3.05) is 5.32 Å². The summed E-state index contributed by atoms with van der Waals surface area (Å²) in [6, 6.07) is 11.7. The highest BCUT2D eigenvalue weighted by Gasteiger charge is 2.18. The topological polar surface area (TPSA) is 73.1 Å². The van der Waals surface area contributed by atoms with E-state index in [1.165, 1.54) is 34.1 Å². The summed E-state index contributed by atoms with van der Waals surface area (Å²) < 4.78 is 15.8. The first-order valence-corrected chi connectivity index (χ1v) is 10.2. The molecule has 10 heteroatoms. The Morgan fingerprint density at radius 1 is 1.10 bits per heavy atom. The molecule has 0 unspecified atom stereocenters. The van der Waals surface area contributed by atoms with Crippen LogP contribution in [0.25, 0.3) is 15.9 Å². The summed E-state index contributed by atoms with van der Waals surface area (Å²) in [7, 11) is 0. The van der Waals surface area contributed by atoms with Gasteiger partial charge in [0.05, 0.1) is 16.2 Å². The van der Waals surface area contributed by atoms with Gasteiger partial charge < -0.3 is 5.32 Å². The van der Waals surface area contributed by atoms with Crippen molar-refractivity contribution in [2.45, 2.75) is 6.54 Å². The quantitative estimate of drug-likeness (QED) is 0.490. The van der Waals surface area contributed by atoms with Crippen LogP contribution in [-0.2, 0) is 11.3 Å². The third-order valence-electron chi connectivity index (χ3n) is 4.33. The van der Waals surface area contributed by atoms with Crippen molar-refractivity contribution in [2.24, 2.45) is 0 Å². The molecule has 0 saturated heterocycles. The monoisotopic (exact) mass is 463 g/mol. The van der Waals surface area contributed by atoms with Crippen LogP contribution in [-0.4, -0.2) is 15.0 Å². The van der Waals surface area contributed by atoms with E-state index in [0.29, 0.717) is 20.9 Å². The van der Waals surface area contributed by atoms with Crippen LogP contribution in [0.3, 0.4) is 0 Å². The van der Waals surface area contributed by atoms with Crippen molar-refractivity contribution >= 4 is 56.3 Å². The number of fused-ring (bicyclic) bond motifs is 1. The molecule has 2 aromatic heterocycles. The lowest BCUT2D eigenvalue weighted by Crippen LogP contribution is -2.40. The Labute approximate surface area is 182 Å². The minimum Gasteiger partial charge on any atom is -0.324 e. The number of hydrogen-bond donors (Lipinski definition) is 1. The number of amides is 1. The molecule has 0 bridgehead atoms. The molecule has 0 spiro atoms. The van der Waals surface area contributed by atoms with Gasteiger partial charge in [-0.25, -0.2) is 13.8 Å². The van der Waals surface area contributed by atoms with Gasteiger partial charge in [-0.2, -0.15) is 0 Å². The van der Waals surface area contributed by atoms with Gasteiger partial charge >= 0.3 is 5.69 Å². The minimum absolute atomic E-state index is 0.139. The maximum absolute atomic E-state index is 13.3. The molecular weight excluding hydrogens is 452 g/mol. The Morgan fingerprint density at radius 2 is 1.90 bits per heavy atom. The van der Waals surface area contributed by atoms with Gasteiger partial charge in [0.25, 0.3) is 5.56 Å². The summed E-state index contributed by atoms with van der Waals surface area (Å²) in [5.41, 5.74) is -0.244. The summed E-state index contributed by atoms with van der Waals surface area (Å²) in [6.45, 7) is -0.359. The first-order valence-electron chi connectivity index (χ1n) is 8.59. The van der Waals surface area contributed by atoms with Gasteiger partial charge in [0.15, 0.2) is 0 Å². The molecule has 0 aliphatic rings. The number of hydrogen-bond acceptors (Lipinski definition) is 4. The van der Waals surface area contributed by atoms with Crippen molar-refractivity contribution in [3.8, 4) is 5.69 Å². The maximum Gasteiger partial charge on any atom is 0.336 e. The minimum atomic E-state index is -0.680. The summed E-state index contributed by atoms with van der Waals surface area (Å²) in [6.07, 6.45) is 0. The molecule has 2 heterocycles. The summed E-state index contributed by atoms with van der Waals surface area (Å²) in [4.78, 5) is 38.6. The molecule has 4 rings (SSSR count). The second-order valence-corrected chi connectivity index (χ2v) is 8.06. The summed E-state index contributed by atoms with van der Waals surface area (Å²) in [5.74, 6) is -1.15. The number of anilines is 1. The van der Waals surface area contributed by atoms with Crippen LogP contribution in [0.15, 0.2) is 63.5 Å². The first-order chi connectivity index (χ1) is 14.3. The molecule has 1 amide bonds. The van der Waals surface area contributed by atoms with E-state index in [0.717, 1.165) is 10.6 Å². The van der Waals surface area contributed by atoms with Crippen LogP contribution in [0, 0.1) is 5.82 Å². The fourth-order valence-electron chi connectivity index (χ4n) is 3.00. The first kappa shape index (κ1) is 20.3. The number of carbonyl (C=O) groups is 1. The van der Waals surface area contributed by atoms with E-state index in [-0.39, 0.29) is 17.3 Å². The van der Waals surface area contributed by atoms with Gasteiger partial charge in [0.2, 0.25) is 5.91 Å². The Morgan fingerprint density at radius 3 is 2.63 bits per heavy atom.